The molecule has 10 nitrogen and oxygen atoms in total. The largest absolute Gasteiger partial charge is 0.482 e. The number of nitrogens with zero attached hydrogens (tertiary/aromatic N) is 7. The van der Waals surface area contributed by atoms with E-state index in [0.29, 0.717) is 43.5 Å². The molecule has 5 rings (SSSR count). The highest BCUT2D eigenvalue weighted by Gasteiger charge is 2.37. The molecule has 154 valence electrons. The molecule has 0 spiro atoms. The van der Waals surface area contributed by atoms with Crippen LogP contribution in [-0.2, 0) is 4.79 Å². The molecule has 0 radical (unpaired) electrons. The summed E-state index contributed by atoms with van der Waals surface area (Å²) in [6, 6.07) is 11.2. The molecule has 30 heavy (non-hydrogen) atoms. The van der Waals surface area contributed by atoms with E-state index in [1.54, 1.807) is 11.0 Å². The predicted molar refractivity (Wildman–Crippen MR) is 107 cm³/mol. The van der Waals surface area contributed by atoms with Crippen molar-refractivity contribution in [2.75, 3.05) is 31.1 Å². The molecular weight excluding hydrogens is 386 g/mol. The number of hydrogen-bond acceptors (Lipinski definition) is 8. The van der Waals surface area contributed by atoms with Gasteiger partial charge in [0.05, 0.1) is 0 Å². The van der Waals surface area contributed by atoms with Crippen LogP contribution in [0.4, 0.5) is 5.82 Å². The molecule has 2 aliphatic rings. The standard InChI is InChI=1S/C20H21N7O3/c1-14-19(30-16-5-3-2-4-15(16)29-14)20(28)26-10-8-25(9-11-26)17-6-7-18(24-23-17)27-13-21-12-22-27/h2-7,12-14,19H,8-11H2,1H3. The Morgan fingerprint density at radius 1 is 0.967 bits per heavy atom. The summed E-state index contributed by atoms with van der Waals surface area (Å²) in [4.78, 5) is 20.9. The molecule has 1 amide bonds. The molecule has 2 atom stereocenters. The first-order valence-corrected chi connectivity index (χ1v) is 9.84. The lowest BCUT2D eigenvalue weighted by Gasteiger charge is -2.39. The second-order valence-electron chi connectivity index (χ2n) is 7.21. The zero-order valence-electron chi connectivity index (χ0n) is 16.5. The molecule has 1 aromatic carbocycles. The van der Waals surface area contributed by atoms with Crippen molar-refractivity contribution in [3.8, 4) is 17.3 Å². The van der Waals surface area contributed by atoms with Gasteiger partial charge in [-0.2, -0.15) is 5.10 Å². The first-order valence-electron chi connectivity index (χ1n) is 9.84. The third-order valence-corrected chi connectivity index (χ3v) is 5.29. The minimum absolute atomic E-state index is 0.0516. The molecule has 0 N–H and O–H groups in total. The molecule has 1 fully saturated rings. The maximum atomic E-state index is 13.1. The molecule has 2 aromatic heterocycles. The van der Waals surface area contributed by atoms with Crippen LogP contribution in [0, 0.1) is 0 Å². The summed E-state index contributed by atoms with van der Waals surface area (Å²) in [5, 5.41) is 12.5. The molecule has 2 unspecified atom stereocenters. The Balaban J connectivity index is 1.21. The van der Waals surface area contributed by atoms with E-state index in [9.17, 15) is 4.79 Å². The van der Waals surface area contributed by atoms with Crippen molar-refractivity contribution in [1.82, 2.24) is 29.9 Å². The second-order valence-corrected chi connectivity index (χ2v) is 7.21. The number of fused-ring (bicyclic) bond motifs is 1. The summed E-state index contributed by atoms with van der Waals surface area (Å²) in [7, 11) is 0. The lowest BCUT2D eigenvalue weighted by molar-refractivity contribution is -0.144. The van der Waals surface area contributed by atoms with E-state index in [0.717, 1.165) is 5.82 Å². The van der Waals surface area contributed by atoms with Crippen LogP contribution in [0.3, 0.4) is 0 Å². The summed E-state index contributed by atoms with van der Waals surface area (Å²) in [6.07, 6.45) is 2.03. The summed E-state index contributed by atoms with van der Waals surface area (Å²) in [5.74, 6) is 2.60. The SMILES string of the molecule is CC1Oc2ccccc2OC1C(=O)N1CCN(c2ccc(-n3cncn3)nn2)CC1. The molecule has 0 saturated carbocycles. The molecule has 1 saturated heterocycles. The fraction of sp³-hybridized carbons (Fsp3) is 0.350. The topological polar surface area (TPSA) is 98.5 Å². The number of para-hydroxylation sites is 2. The number of hydrogen-bond donors (Lipinski definition) is 0. The number of aromatic nitrogens is 5. The number of piperazine rings is 1. The highest BCUT2D eigenvalue weighted by atomic mass is 16.6. The highest BCUT2D eigenvalue weighted by Crippen LogP contribution is 2.34. The van der Waals surface area contributed by atoms with Gasteiger partial charge in [0.15, 0.2) is 23.1 Å². The summed E-state index contributed by atoms with van der Waals surface area (Å²) < 4.78 is 13.4. The Labute approximate surface area is 173 Å². The Hall–Kier alpha value is -3.69. The van der Waals surface area contributed by atoms with Crippen molar-refractivity contribution in [1.29, 1.82) is 0 Å². The monoisotopic (exact) mass is 407 g/mol. The van der Waals surface area contributed by atoms with E-state index in [2.05, 4.69) is 25.2 Å². The van der Waals surface area contributed by atoms with Gasteiger partial charge in [-0.1, -0.05) is 12.1 Å². The van der Waals surface area contributed by atoms with E-state index < -0.39 is 6.10 Å². The quantitative estimate of drug-likeness (QED) is 0.633. The highest BCUT2D eigenvalue weighted by molar-refractivity contribution is 5.82. The maximum Gasteiger partial charge on any atom is 0.267 e. The number of carbonyl (C=O) groups is 1. The third-order valence-electron chi connectivity index (χ3n) is 5.29. The lowest BCUT2D eigenvalue weighted by Crippen LogP contribution is -2.56. The van der Waals surface area contributed by atoms with Gasteiger partial charge in [0.2, 0.25) is 6.10 Å². The number of rotatable bonds is 3. The number of ether oxygens (including phenoxy) is 2. The van der Waals surface area contributed by atoms with E-state index in [-0.39, 0.29) is 12.0 Å². The Morgan fingerprint density at radius 2 is 1.67 bits per heavy atom. The Morgan fingerprint density at radius 3 is 2.33 bits per heavy atom. The van der Waals surface area contributed by atoms with Gasteiger partial charge in [0, 0.05) is 26.2 Å². The fourth-order valence-corrected chi connectivity index (χ4v) is 3.66. The molecule has 10 heteroatoms. The zero-order valence-corrected chi connectivity index (χ0v) is 16.5. The molecule has 2 aliphatic heterocycles. The van der Waals surface area contributed by atoms with Crippen LogP contribution in [0.5, 0.6) is 11.5 Å². The maximum absolute atomic E-state index is 13.1. The Bertz CT molecular complexity index is 1020. The minimum Gasteiger partial charge on any atom is -0.482 e. The third kappa shape index (κ3) is 3.40. The average molecular weight is 407 g/mol. The van der Waals surface area contributed by atoms with Crippen molar-refractivity contribution in [2.24, 2.45) is 0 Å². The predicted octanol–water partition coefficient (Wildman–Crippen LogP) is 0.934. The van der Waals surface area contributed by atoms with Crippen LogP contribution in [0.25, 0.3) is 5.82 Å². The van der Waals surface area contributed by atoms with Crippen molar-refractivity contribution in [3.05, 3.63) is 49.1 Å². The van der Waals surface area contributed by atoms with Crippen LogP contribution in [-0.4, -0.2) is 74.2 Å². The lowest BCUT2D eigenvalue weighted by atomic mass is 10.1. The van der Waals surface area contributed by atoms with Gasteiger partial charge in [0.1, 0.15) is 18.8 Å². The van der Waals surface area contributed by atoms with E-state index in [1.165, 1.54) is 6.33 Å². The van der Waals surface area contributed by atoms with Crippen LogP contribution in [0.2, 0.25) is 0 Å². The van der Waals surface area contributed by atoms with Crippen molar-refractivity contribution < 1.29 is 14.3 Å². The van der Waals surface area contributed by atoms with Crippen molar-refractivity contribution in [2.45, 2.75) is 19.1 Å². The van der Waals surface area contributed by atoms with Crippen LogP contribution < -0.4 is 14.4 Å². The van der Waals surface area contributed by atoms with Gasteiger partial charge in [-0.25, -0.2) is 9.67 Å². The van der Waals surface area contributed by atoms with Gasteiger partial charge in [-0.15, -0.1) is 10.2 Å². The molecule has 3 aromatic rings. The molecule has 0 bridgehead atoms. The second kappa shape index (κ2) is 7.62. The van der Waals surface area contributed by atoms with Crippen LogP contribution in [0.15, 0.2) is 49.1 Å². The Kier molecular flexibility index (Phi) is 4.66. The number of benzene rings is 1. The number of amides is 1. The van der Waals surface area contributed by atoms with E-state index in [1.807, 2.05) is 48.2 Å². The smallest absolute Gasteiger partial charge is 0.267 e. The van der Waals surface area contributed by atoms with Gasteiger partial charge in [0.25, 0.3) is 5.91 Å². The summed E-state index contributed by atoms with van der Waals surface area (Å²) in [5.41, 5.74) is 0. The number of anilines is 1. The number of carbonyl (C=O) groups excluding carboxylic acids is 1. The van der Waals surface area contributed by atoms with E-state index in [4.69, 9.17) is 9.47 Å². The molecular formula is C20H21N7O3. The summed E-state index contributed by atoms with van der Waals surface area (Å²) >= 11 is 0. The fourth-order valence-electron chi connectivity index (χ4n) is 3.66. The first kappa shape index (κ1) is 18.3. The average Bonchev–Trinajstić information content (AvgIpc) is 3.33. The first-order chi connectivity index (χ1) is 14.7. The van der Waals surface area contributed by atoms with Gasteiger partial charge in [-0.3, -0.25) is 4.79 Å². The zero-order chi connectivity index (χ0) is 20.5. The normalized spacial score (nSPS) is 20.8. The van der Waals surface area contributed by atoms with Crippen molar-refractivity contribution in [3.63, 3.8) is 0 Å². The van der Waals surface area contributed by atoms with Gasteiger partial charge >= 0.3 is 0 Å². The van der Waals surface area contributed by atoms with Crippen LogP contribution in [0.1, 0.15) is 6.92 Å². The van der Waals surface area contributed by atoms with Gasteiger partial charge < -0.3 is 19.3 Å². The summed E-state index contributed by atoms with van der Waals surface area (Å²) in [6.45, 7) is 4.36. The molecule has 0 aliphatic carbocycles. The minimum atomic E-state index is -0.645. The van der Waals surface area contributed by atoms with E-state index >= 15 is 0 Å². The molecule has 4 heterocycles. The van der Waals surface area contributed by atoms with Crippen LogP contribution >= 0.6 is 0 Å². The van der Waals surface area contributed by atoms with Gasteiger partial charge in [-0.05, 0) is 31.2 Å². The van der Waals surface area contributed by atoms with Crippen molar-refractivity contribution >= 4 is 11.7 Å².